The van der Waals surface area contributed by atoms with E-state index in [9.17, 15) is 19.2 Å². The summed E-state index contributed by atoms with van der Waals surface area (Å²) >= 11 is 0. The lowest BCUT2D eigenvalue weighted by Gasteiger charge is -2.13. The number of hydrogen-bond donors (Lipinski definition) is 2. The maximum absolute atomic E-state index is 11.7. The third-order valence-electron chi connectivity index (χ3n) is 3.89. The van der Waals surface area contributed by atoms with Crippen LogP contribution in [0.3, 0.4) is 0 Å². The minimum Gasteiger partial charge on any atom is -0.379 e. The van der Waals surface area contributed by atoms with Gasteiger partial charge >= 0.3 is 0 Å². The summed E-state index contributed by atoms with van der Waals surface area (Å²) in [4.78, 5) is 46.2. The molecule has 0 aromatic rings. The summed E-state index contributed by atoms with van der Waals surface area (Å²) in [5.74, 6) is -1.06. The van der Waals surface area contributed by atoms with Crippen molar-refractivity contribution in [2.75, 3.05) is 65.9 Å². The molecule has 1 heterocycles. The highest BCUT2D eigenvalue weighted by Gasteiger charge is 2.28. The van der Waals surface area contributed by atoms with E-state index in [4.69, 9.17) is 24.7 Å². The van der Waals surface area contributed by atoms with Gasteiger partial charge in [0.15, 0.2) is 0 Å². The maximum atomic E-state index is 11.7. The van der Waals surface area contributed by atoms with Gasteiger partial charge < -0.3 is 30.0 Å². The Labute approximate surface area is 170 Å². The standard InChI is InChI=1S/C18H31N3O8/c19-15(22)4-7-26-9-11-28-13-14-29-12-10-27-8-5-20-16(23)3-6-21-17(24)1-2-18(21)25/h1-14H2,(H2,19,22)(H,20,23). The van der Waals surface area contributed by atoms with E-state index < -0.39 is 5.91 Å². The molecule has 0 aromatic carbocycles. The van der Waals surface area contributed by atoms with Crippen LogP contribution >= 0.6 is 0 Å². The first-order valence-electron chi connectivity index (χ1n) is 9.70. The first-order chi connectivity index (χ1) is 14.0. The molecule has 0 atom stereocenters. The smallest absolute Gasteiger partial charge is 0.229 e. The maximum Gasteiger partial charge on any atom is 0.229 e. The second-order valence-corrected chi connectivity index (χ2v) is 6.20. The van der Waals surface area contributed by atoms with Crippen LogP contribution in [-0.2, 0) is 38.1 Å². The van der Waals surface area contributed by atoms with Gasteiger partial charge in [-0.05, 0) is 0 Å². The predicted molar refractivity (Wildman–Crippen MR) is 101 cm³/mol. The molecule has 0 spiro atoms. The van der Waals surface area contributed by atoms with Gasteiger partial charge in [0.25, 0.3) is 0 Å². The molecule has 1 saturated heterocycles. The molecule has 4 amide bonds. The number of rotatable bonds is 18. The van der Waals surface area contributed by atoms with Crippen molar-refractivity contribution in [1.29, 1.82) is 0 Å². The summed E-state index contributed by atoms with van der Waals surface area (Å²) in [6, 6.07) is 0. The molecule has 1 aliphatic heterocycles. The highest BCUT2D eigenvalue weighted by Crippen LogP contribution is 2.11. The summed E-state index contributed by atoms with van der Waals surface area (Å²) in [5, 5.41) is 2.67. The molecule has 0 radical (unpaired) electrons. The molecule has 0 unspecified atom stereocenters. The molecule has 0 aliphatic carbocycles. The number of primary amides is 1. The lowest BCUT2D eigenvalue weighted by molar-refractivity contribution is -0.138. The van der Waals surface area contributed by atoms with Crippen molar-refractivity contribution in [1.82, 2.24) is 10.2 Å². The molecular formula is C18H31N3O8. The van der Waals surface area contributed by atoms with Crippen LogP contribution < -0.4 is 11.1 Å². The van der Waals surface area contributed by atoms with E-state index >= 15 is 0 Å². The molecule has 11 heteroatoms. The summed E-state index contributed by atoms with van der Waals surface area (Å²) in [6.07, 6.45) is 0.759. The number of amides is 4. The molecule has 0 aromatic heterocycles. The third kappa shape index (κ3) is 12.9. The van der Waals surface area contributed by atoms with Crippen molar-refractivity contribution >= 4 is 23.6 Å². The van der Waals surface area contributed by atoms with E-state index in [0.29, 0.717) is 59.4 Å². The van der Waals surface area contributed by atoms with Gasteiger partial charge in [-0.1, -0.05) is 0 Å². The van der Waals surface area contributed by atoms with Crippen LogP contribution in [-0.4, -0.2) is 94.5 Å². The Bertz CT molecular complexity index is 513. The van der Waals surface area contributed by atoms with E-state index in [1.807, 2.05) is 0 Å². The summed E-state index contributed by atoms with van der Waals surface area (Å²) in [7, 11) is 0. The van der Waals surface area contributed by atoms with Crippen molar-refractivity contribution in [3.05, 3.63) is 0 Å². The summed E-state index contributed by atoms with van der Waals surface area (Å²) in [5.41, 5.74) is 4.98. The number of likely N-dealkylation sites (tertiary alicyclic amines) is 1. The molecule has 29 heavy (non-hydrogen) atoms. The molecular weight excluding hydrogens is 386 g/mol. The van der Waals surface area contributed by atoms with Crippen LogP contribution in [0.4, 0.5) is 0 Å². The number of nitrogens with two attached hydrogens (primary N) is 1. The first kappa shape index (κ1) is 25.0. The summed E-state index contributed by atoms with van der Waals surface area (Å²) < 4.78 is 21.1. The minimum atomic E-state index is -0.392. The molecule has 0 saturated carbocycles. The Hall–Kier alpha value is -2.08. The number of carbonyl (C=O) groups is 4. The second kappa shape index (κ2) is 15.8. The van der Waals surface area contributed by atoms with Crippen LogP contribution in [0.15, 0.2) is 0 Å². The lowest BCUT2D eigenvalue weighted by Crippen LogP contribution is -2.35. The SMILES string of the molecule is NC(=O)CCOCCOCCOCCOCCNC(=O)CCN1C(=O)CCC1=O. The molecule has 166 valence electrons. The average molecular weight is 417 g/mol. The van der Waals surface area contributed by atoms with Gasteiger partial charge in [0.2, 0.25) is 23.6 Å². The van der Waals surface area contributed by atoms with Crippen molar-refractivity contribution in [3.63, 3.8) is 0 Å². The molecule has 1 aliphatic rings. The minimum absolute atomic E-state index is 0.0940. The molecule has 1 fully saturated rings. The number of carbonyl (C=O) groups excluding carboxylic acids is 4. The number of ether oxygens (including phenoxy) is 4. The predicted octanol–water partition coefficient (Wildman–Crippen LogP) is -1.42. The summed E-state index contributed by atoms with van der Waals surface area (Å²) in [6.45, 7) is 3.58. The Morgan fingerprint density at radius 3 is 1.79 bits per heavy atom. The zero-order valence-corrected chi connectivity index (χ0v) is 16.7. The fourth-order valence-corrected chi connectivity index (χ4v) is 2.37. The van der Waals surface area contributed by atoms with E-state index in [1.54, 1.807) is 0 Å². The first-order valence-corrected chi connectivity index (χ1v) is 9.70. The number of hydrogen-bond acceptors (Lipinski definition) is 8. The van der Waals surface area contributed by atoms with Gasteiger partial charge in [-0.25, -0.2) is 0 Å². The quantitative estimate of drug-likeness (QED) is 0.204. The Kier molecular flexibility index (Phi) is 13.6. The van der Waals surface area contributed by atoms with Gasteiger partial charge in [-0.2, -0.15) is 0 Å². The van der Waals surface area contributed by atoms with Crippen molar-refractivity contribution < 1.29 is 38.1 Å². The van der Waals surface area contributed by atoms with Crippen molar-refractivity contribution in [3.8, 4) is 0 Å². The molecule has 3 N–H and O–H groups in total. The largest absolute Gasteiger partial charge is 0.379 e. The van der Waals surface area contributed by atoms with Crippen LogP contribution in [0.5, 0.6) is 0 Å². The number of nitrogens with one attached hydrogen (secondary N) is 1. The van der Waals surface area contributed by atoms with Crippen LogP contribution in [0, 0.1) is 0 Å². The second-order valence-electron chi connectivity index (χ2n) is 6.20. The van der Waals surface area contributed by atoms with Crippen LogP contribution in [0.1, 0.15) is 25.7 Å². The topological polar surface area (TPSA) is 146 Å². The number of imide groups is 1. The van der Waals surface area contributed by atoms with Crippen LogP contribution in [0.2, 0.25) is 0 Å². The van der Waals surface area contributed by atoms with E-state index in [-0.39, 0.29) is 49.9 Å². The fourth-order valence-electron chi connectivity index (χ4n) is 2.37. The molecule has 11 nitrogen and oxygen atoms in total. The highest BCUT2D eigenvalue weighted by atomic mass is 16.6. The zero-order valence-electron chi connectivity index (χ0n) is 16.7. The molecule has 1 rings (SSSR count). The van der Waals surface area contributed by atoms with E-state index in [1.165, 1.54) is 0 Å². The molecule has 0 bridgehead atoms. The van der Waals surface area contributed by atoms with Gasteiger partial charge in [0, 0.05) is 38.8 Å². The zero-order chi connectivity index (χ0) is 21.3. The van der Waals surface area contributed by atoms with Crippen molar-refractivity contribution in [2.24, 2.45) is 5.73 Å². The monoisotopic (exact) mass is 417 g/mol. The normalized spacial score (nSPS) is 13.9. The Balaban J connectivity index is 1.79. The number of nitrogens with zero attached hydrogens (tertiary/aromatic N) is 1. The van der Waals surface area contributed by atoms with Crippen LogP contribution in [0.25, 0.3) is 0 Å². The van der Waals surface area contributed by atoms with Gasteiger partial charge in [-0.15, -0.1) is 0 Å². The van der Waals surface area contributed by atoms with Crippen molar-refractivity contribution in [2.45, 2.75) is 25.7 Å². The highest BCUT2D eigenvalue weighted by molar-refractivity contribution is 6.02. The van der Waals surface area contributed by atoms with E-state index in [2.05, 4.69) is 5.32 Å². The third-order valence-corrected chi connectivity index (χ3v) is 3.89. The van der Waals surface area contributed by atoms with Gasteiger partial charge in [-0.3, -0.25) is 24.1 Å². The van der Waals surface area contributed by atoms with Gasteiger partial charge in [0.1, 0.15) is 0 Å². The fraction of sp³-hybridized carbons (Fsp3) is 0.778. The Morgan fingerprint density at radius 2 is 1.28 bits per heavy atom. The average Bonchev–Trinajstić information content (AvgIpc) is 3.00. The Morgan fingerprint density at radius 1 is 0.793 bits per heavy atom. The van der Waals surface area contributed by atoms with Gasteiger partial charge in [0.05, 0.1) is 52.9 Å². The lowest BCUT2D eigenvalue weighted by atomic mass is 10.3. The van der Waals surface area contributed by atoms with E-state index in [0.717, 1.165) is 4.90 Å².